The lowest BCUT2D eigenvalue weighted by Crippen LogP contribution is -2.43. The molecular weight excluding hydrogens is 288 g/mol. The van der Waals surface area contributed by atoms with Gasteiger partial charge in [0.05, 0.1) is 13.2 Å². The Morgan fingerprint density at radius 3 is 2.96 bits per heavy atom. The van der Waals surface area contributed by atoms with Crippen LogP contribution in [0, 0.1) is 5.41 Å². The Kier molecular flexibility index (Phi) is 5.81. The highest BCUT2D eigenvalue weighted by molar-refractivity contribution is 5.80. The van der Waals surface area contributed by atoms with Crippen molar-refractivity contribution in [3.63, 3.8) is 0 Å². The van der Waals surface area contributed by atoms with Crippen LogP contribution in [0.15, 0.2) is 4.99 Å². The van der Waals surface area contributed by atoms with Gasteiger partial charge in [0.25, 0.3) is 0 Å². The lowest BCUT2D eigenvalue weighted by Gasteiger charge is -2.33. The number of nitrogens with one attached hydrogen (secondary N) is 1. The van der Waals surface area contributed by atoms with Gasteiger partial charge < -0.3 is 15.0 Å². The van der Waals surface area contributed by atoms with Crippen molar-refractivity contribution >= 4 is 5.96 Å². The van der Waals surface area contributed by atoms with Gasteiger partial charge in [-0.1, -0.05) is 6.42 Å². The summed E-state index contributed by atoms with van der Waals surface area (Å²) in [6.45, 7) is 12.8. The number of guanidine groups is 1. The van der Waals surface area contributed by atoms with Crippen LogP contribution in [0.5, 0.6) is 0 Å². The maximum absolute atomic E-state index is 5.65. The molecule has 2 unspecified atom stereocenters. The Bertz CT molecular complexity index is 406. The van der Waals surface area contributed by atoms with Crippen LogP contribution >= 0.6 is 0 Å². The average Bonchev–Trinajstić information content (AvgIpc) is 3.19. The zero-order valence-corrected chi connectivity index (χ0v) is 15.0. The van der Waals surface area contributed by atoms with Crippen LogP contribution in [0.25, 0.3) is 0 Å². The topological polar surface area (TPSA) is 40.1 Å². The second kappa shape index (κ2) is 7.84. The van der Waals surface area contributed by atoms with Crippen molar-refractivity contribution in [3.8, 4) is 0 Å². The van der Waals surface area contributed by atoms with E-state index in [1.54, 1.807) is 0 Å². The zero-order valence-electron chi connectivity index (χ0n) is 15.0. The second-order valence-corrected chi connectivity index (χ2v) is 7.59. The molecule has 0 aromatic heterocycles. The molecule has 1 N–H and O–H groups in total. The summed E-state index contributed by atoms with van der Waals surface area (Å²) in [5.41, 5.74) is 0.400. The summed E-state index contributed by atoms with van der Waals surface area (Å²) in [4.78, 5) is 9.99. The molecule has 0 aromatic carbocycles. The first-order valence-corrected chi connectivity index (χ1v) is 9.57. The van der Waals surface area contributed by atoms with Crippen LogP contribution in [0.2, 0.25) is 0 Å². The second-order valence-electron chi connectivity index (χ2n) is 7.59. The molecule has 2 atom stereocenters. The Balaban J connectivity index is 1.53. The number of ether oxygens (including phenoxy) is 1. The molecule has 3 aliphatic rings. The minimum Gasteiger partial charge on any atom is -0.381 e. The van der Waals surface area contributed by atoms with Gasteiger partial charge in [-0.3, -0.25) is 9.89 Å². The van der Waals surface area contributed by atoms with E-state index in [0.29, 0.717) is 5.41 Å². The van der Waals surface area contributed by atoms with Crippen molar-refractivity contribution in [1.82, 2.24) is 15.1 Å². The number of nitrogens with zero attached hydrogens (tertiary/aromatic N) is 3. The summed E-state index contributed by atoms with van der Waals surface area (Å²) in [6, 6.07) is 0.729. The molecule has 3 aliphatic heterocycles. The first kappa shape index (κ1) is 17.0. The van der Waals surface area contributed by atoms with Crippen molar-refractivity contribution in [2.45, 2.75) is 52.0 Å². The summed E-state index contributed by atoms with van der Waals surface area (Å²) in [7, 11) is 0. The maximum atomic E-state index is 5.65. The standard InChI is InChI=1S/C18H34N4O/c1-3-19-17(20-9-12-21-10-5-4-6-16(21)2)22-11-7-18(14-22)8-13-23-15-18/h16H,3-15H2,1-2H3,(H,19,20). The molecule has 3 rings (SSSR count). The third kappa shape index (κ3) is 4.18. The highest BCUT2D eigenvalue weighted by Crippen LogP contribution is 2.38. The van der Waals surface area contributed by atoms with Crippen LogP contribution in [0.3, 0.4) is 0 Å². The van der Waals surface area contributed by atoms with Gasteiger partial charge >= 0.3 is 0 Å². The number of rotatable bonds is 4. The Labute approximate surface area is 141 Å². The number of aliphatic imine (C=N–C) groups is 1. The summed E-state index contributed by atoms with van der Waals surface area (Å²) in [5.74, 6) is 1.11. The zero-order chi connectivity index (χ0) is 16.1. The van der Waals surface area contributed by atoms with E-state index < -0.39 is 0 Å². The van der Waals surface area contributed by atoms with Crippen molar-refractivity contribution in [3.05, 3.63) is 0 Å². The van der Waals surface area contributed by atoms with E-state index >= 15 is 0 Å². The van der Waals surface area contributed by atoms with Crippen molar-refractivity contribution in [2.75, 3.05) is 52.5 Å². The molecule has 0 aromatic rings. The fourth-order valence-electron chi connectivity index (χ4n) is 4.29. The first-order chi connectivity index (χ1) is 11.2. The van der Waals surface area contributed by atoms with Gasteiger partial charge in [-0.2, -0.15) is 0 Å². The van der Waals surface area contributed by atoms with E-state index in [1.807, 2.05) is 0 Å². The number of likely N-dealkylation sites (tertiary alicyclic amines) is 2. The Hall–Kier alpha value is -0.810. The third-order valence-corrected chi connectivity index (χ3v) is 5.85. The minimum atomic E-state index is 0.400. The molecule has 0 aliphatic carbocycles. The van der Waals surface area contributed by atoms with Crippen molar-refractivity contribution < 1.29 is 4.74 Å². The lowest BCUT2D eigenvalue weighted by atomic mass is 9.87. The molecule has 3 heterocycles. The Morgan fingerprint density at radius 1 is 1.30 bits per heavy atom. The number of piperidine rings is 1. The largest absolute Gasteiger partial charge is 0.381 e. The van der Waals surface area contributed by atoms with Crippen LogP contribution in [0.1, 0.15) is 46.0 Å². The molecule has 0 saturated carbocycles. The summed E-state index contributed by atoms with van der Waals surface area (Å²) >= 11 is 0. The number of hydrogen-bond donors (Lipinski definition) is 1. The molecule has 5 heteroatoms. The van der Waals surface area contributed by atoms with Gasteiger partial charge in [0.2, 0.25) is 0 Å². The van der Waals surface area contributed by atoms with Gasteiger partial charge in [0.15, 0.2) is 5.96 Å². The molecule has 0 bridgehead atoms. The normalized spacial score (nSPS) is 32.9. The minimum absolute atomic E-state index is 0.400. The van der Waals surface area contributed by atoms with E-state index in [0.717, 1.165) is 57.9 Å². The quantitative estimate of drug-likeness (QED) is 0.634. The summed E-state index contributed by atoms with van der Waals surface area (Å²) < 4.78 is 5.65. The first-order valence-electron chi connectivity index (χ1n) is 9.57. The molecule has 5 nitrogen and oxygen atoms in total. The van der Waals surface area contributed by atoms with Gasteiger partial charge in [0.1, 0.15) is 0 Å². The molecule has 132 valence electrons. The van der Waals surface area contributed by atoms with Gasteiger partial charge in [-0.15, -0.1) is 0 Å². The third-order valence-electron chi connectivity index (χ3n) is 5.85. The van der Waals surface area contributed by atoms with E-state index in [1.165, 1.54) is 38.6 Å². The van der Waals surface area contributed by atoms with Crippen molar-refractivity contribution in [1.29, 1.82) is 0 Å². The fraction of sp³-hybridized carbons (Fsp3) is 0.944. The van der Waals surface area contributed by atoms with E-state index in [4.69, 9.17) is 9.73 Å². The monoisotopic (exact) mass is 322 g/mol. The molecule has 23 heavy (non-hydrogen) atoms. The Morgan fingerprint density at radius 2 is 2.22 bits per heavy atom. The summed E-state index contributed by atoms with van der Waals surface area (Å²) in [5, 5.41) is 3.50. The smallest absolute Gasteiger partial charge is 0.193 e. The van der Waals surface area contributed by atoms with Gasteiger partial charge in [0, 0.05) is 44.2 Å². The van der Waals surface area contributed by atoms with Gasteiger partial charge in [-0.05, 0) is 46.1 Å². The lowest BCUT2D eigenvalue weighted by molar-refractivity contribution is 0.156. The van der Waals surface area contributed by atoms with Crippen molar-refractivity contribution in [2.24, 2.45) is 10.4 Å². The predicted octanol–water partition coefficient (Wildman–Crippen LogP) is 1.94. The summed E-state index contributed by atoms with van der Waals surface area (Å²) in [6.07, 6.45) is 6.55. The van der Waals surface area contributed by atoms with Crippen LogP contribution in [-0.4, -0.2) is 74.3 Å². The molecule has 0 radical (unpaired) electrons. The van der Waals surface area contributed by atoms with Gasteiger partial charge in [-0.25, -0.2) is 0 Å². The number of hydrogen-bond acceptors (Lipinski definition) is 3. The SMILES string of the molecule is CCNC(=NCCN1CCCCC1C)N1CCC2(CCOC2)C1. The molecule has 1 spiro atoms. The van der Waals surface area contributed by atoms with E-state index in [-0.39, 0.29) is 0 Å². The van der Waals surface area contributed by atoms with Crippen LogP contribution in [0.4, 0.5) is 0 Å². The molecule has 3 fully saturated rings. The fourth-order valence-corrected chi connectivity index (χ4v) is 4.29. The van der Waals surface area contributed by atoms with E-state index in [9.17, 15) is 0 Å². The molecular formula is C18H34N4O. The van der Waals surface area contributed by atoms with E-state index in [2.05, 4.69) is 29.0 Å². The average molecular weight is 322 g/mol. The maximum Gasteiger partial charge on any atom is 0.193 e. The van der Waals surface area contributed by atoms with Crippen LogP contribution in [-0.2, 0) is 4.74 Å². The molecule has 3 saturated heterocycles. The highest BCUT2D eigenvalue weighted by Gasteiger charge is 2.42. The van der Waals surface area contributed by atoms with Crippen LogP contribution < -0.4 is 5.32 Å². The molecule has 0 amide bonds. The highest BCUT2D eigenvalue weighted by atomic mass is 16.5. The predicted molar refractivity (Wildman–Crippen MR) is 94.9 cm³/mol.